The second-order valence-corrected chi connectivity index (χ2v) is 23.5. The lowest BCUT2D eigenvalue weighted by molar-refractivity contribution is -0.143. The lowest BCUT2D eigenvalue weighted by Gasteiger charge is -2.22. The third kappa shape index (κ3) is 61.4. The summed E-state index contributed by atoms with van der Waals surface area (Å²) in [5.41, 5.74) is 0. The summed E-state index contributed by atoms with van der Waals surface area (Å²) in [6.07, 6.45) is 80.6. The molecule has 0 radical (unpaired) electrons. The average Bonchev–Trinajstić information content (AvgIpc) is 3.41. The predicted octanol–water partition coefficient (Wildman–Crippen LogP) is 21.8. The Labute approximate surface area is 469 Å². The van der Waals surface area contributed by atoms with Crippen LogP contribution in [-0.4, -0.2) is 47.4 Å². The molecule has 0 aliphatic heterocycles. The number of amides is 1. The van der Waals surface area contributed by atoms with E-state index in [0.29, 0.717) is 25.9 Å². The van der Waals surface area contributed by atoms with Crippen LogP contribution in [0.5, 0.6) is 0 Å². The fraction of sp³-hybridized carbons (Fsp3) is 0.913. The van der Waals surface area contributed by atoms with E-state index in [2.05, 4.69) is 43.5 Å². The molecule has 0 aromatic rings. The van der Waals surface area contributed by atoms with E-state index in [1.54, 1.807) is 0 Å². The zero-order chi connectivity index (χ0) is 54.3. The van der Waals surface area contributed by atoms with Crippen molar-refractivity contribution in [3.63, 3.8) is 0 Å². The van der Waals surface area contributed by atoms with E-state index in [9.17, 15) is 19.8 Å². The van der Waals surface area contributed by atoms with Crippen molar-refractivity contribution in [3.8, 4) is 0 Å². The van der Waals surface area contributed by atoms with Crippen molar-refractivity contribution in [1.82, 2.24) is 5.32 Å². The Kier molecular flexibility index (Phi) is 63.4. The molecule has 0 saturated heterocycles. The molecule has 0 aromatic carbocycles. The van der Waals surface area contributed by atoms with Crippen LogP contribution >= 0.6 is 0 Å². The van der Waals surface area contributed by atoms with Crippen molar-refractivity contribution in [3.05, 3.63) is 24.3 Å². The molecule has 0 fully saturated rings. The highest BCUT2D eigenvalue weighted by Gasteiger charge is 2.20. The number of hydrogen-bond donors (Lipinski definition) is 3. The highest BCUT2D eigenvalue weighted by molar-refractivity contribution is 5.76. The van der Waals surface area contributed by atoms with E-state index in [0.717, 1.165) is 57.8 Å². The van der Waals surface area contributed by atoms with Gasteiger partial charge < -0.3 is 20.3 Å². The molecule has 0 bridgehead atoms. The van der Waals surface area contributed by atoms with E-state index in [4.69, 9.17) is 4.74 Å². The standard InChI is InChI=1S/C69H133NO5/c1-3-5-7-9-11-13-15-17-19-21-23-24-25-26-29-33-37-41-45-49-53-57-61-67(72)66(65-71)70-68(73)62-58-54-50-46-42-38-34-30-27-28-32-36-40-44-48-52-56-60-64-75-69(74)63-59-55-51-47-43-39-35-31-22-20-18-16-14-12-10-8-6-4-2/h20,22,30,34,66-67,71-72H,3-19,21,23-29,31-33,35-65H2,1-2H3,(H,70,73)/b22-20-,34-30-. The fourth-order valence-corrected chi connectivity index (χ4v) is 10.7. The molecule has 0 heterocycles. The number of aliphatic hydroxyl groups excluding tert-OH is 2. The van der Waals surface area contributed by atoms with Gasteiger partial charge in [0.25, 0.3) is 0 Å². The number of allylic oxidation sites excluding steroid dienone is 4. The van der Waals surface area contributed by atoms with Gasteiger partial charge in [0.2, 0.25) is 5.91 Å². The molecule has 444 valence electrons. The minimum absolute atomic E-state index is 0.00111. The maximum Gasteiger partial charge on any atom is 0.305 e. The van der Waals surface area contributed by atoms with Crippen molar-refractivity contribution < 1.29 is 24.5 Å². The SMILES string of the molecule is CCCCCCCCC/C=C\CCCCCCCCCC(=O)OCCCCCCCCCCC/C=C\CCCCCCCC(=O)NC(CO)C(O)CCCCCCCCCCCCCCCCCCCCCCCC. The molecule has 0 aliphatic carbocycles. The van der Waals surface area contributed by atoms with Crippen LogP contribution < -0.4 is 5.32 Å². The fourth-order valence-electron chi connectivity index (χ4n) is 10.7. The third-order valence-corrected chi connectivity index (χ3v) is 16.0. The molecule has 75 heavy (non-hydrogen) atoms. The molecule has 6 heteroatoms. The zero-order valence-electron chi connectivity index (χ0n) is 50.8. The van der Waals surface area contributed by atoms with E-state index < -0.39 is 12.1 Å². The van der Waals surface area contributed by atoms with Crippen LogP contribution in [-0.2, 0) is 14.3 Å². The molecule has 6 nitrogen and oxygen atoms in total. The highest BCUT2D eigenvalue weighted by atomic mass is 16.5. The molecule has 0 aliphatic rings. The van der Waals surface area contributed by atoms with Gasteiger partial charge in [-0.05, 0) is 77.0 Å². The Morgan fingerprint density at radius 2 is 0.627 bits per heavy atom. The number of carbonyl (C=O) groups excluding carboxylic acids is 2. The zero-order valence-corrected chi connectivity index (χ0v) is 50.8. The number of aliphatic hydroxyl groups is 2. The third-order valence-electron chi connectivity index (χ3n) is 16.0. The summed E-state index contributed by atoms with van der Waals surface area (Å²) in [5, 5.41) is 23.4. The second kappa shape index (κ2) is 64.9. The topological polar surface area (TPSA) is 95.9 Å². The van der Waals surface area contributed by atoms with Crippen LogP contribution in [0.1, 0.15) is 380 Å². The summed E-state index contributed by atoms with van der Waals surface area (Å²) in [6.45, 7) is 4.97. The molecule has 2 unspecified atom stereocenters. The smallest absolute Gasteiger partial charge is 0.305 e. The van der Waals surface area contributed by atoms with Crippen molar-refractivity contribution in [2.45, 2.75) is 392 Å². The van der Waals surface area contributed by atoms with E-state index in [-0.39, 0.29) is 18.5 Å². The lowest BCUT2D eigenvalue weighted by Crippen LogP contribution is -2.45. The lowest BCUT2D eigenvalue weighted by atomic mass is 10.0. The Morgan fingerprint density at radius 1 is 0.360 bits per heavy atom. The van der Waals surface area contributed by atoms with Gasteiger partial charge in [0, 0.05) is 12.8 Å². The molecule has 0 spiro atoms. The van der Waals surface area contributed by atoms with Gasteiger partial charge in [-0.25, -0.2) is 0 Å². The molecule has 0 saturated carbocycles. The van der Waals surface area contributed by atoms with E-state index >= 15 is 0 Å². The Hall–Kier alpha value is -1.66. The summed E-state index contributed by atoms with van der Waals surface area (Å²) >= 11 is 0. The van der Waals surface area contributed by atoms with Gasteiger partial charge in [-0.3, -0.25) is 9.59 Å². The number of hydrogen-bond acceptors (Lipinski definition) is 5. The molecule has 2 atom stereocenters. The molecule has 0 aromatic heterocycles. The molecular formula is C69H133NO5. The van der Waals surface area contributed by atoms with Crippen LogP contribution in [0.3, 0.4) is 0 Å². The highest BCUT2D eigenvalue weighted by Crippen LogP contribution is 2.18. The number of unbranched alkanes of at least 4 members (excludes halogenated alkanes) is 49. The van der Waals surface area contributed by atoms with Gasteiger partial charge in [-0.2, -0.15) is 0 Å². The number of esters is 1. The maximum absolute atomic E-state index is 12.5. The van der Waals surface area contributed by atoms with Crippen LogP contribution in [0, 0.1) is 0 Å². The van der Waals surface area contributed by atoms with Gasteiger partial charge in [-0.1, -0.05) is 314 Å². The number of ether oxygens (including phenoxy) is 1. The van der Waals surface area contributed by atoms with Crippen molar-refractivity contribution in [2.75, 3.05) is 13.2 Å². The Bertz CT molecular complexity index is 1170. The van der Waals surface area contributed by atoms with Gasteiger partial charge in [0.05, 0.1) is 25.4 Å². The van der Waals surface area contributed by atoms with Gasteiger partial charge >= 0.3 is 5.97 Å². The van der Waals surface area contributed by atoms with Crippen LogP contribution in [0.2, 0.25) is 0 Å². The van der Waals surface area contributed by atoms with Gasteiger partial charge in [-0.15, -0.1) is 0 Å². The summed E-state index contributed by atoms with van der Waals surface area (Å²) in [4.78, 5) is 24.6. The van der Waals surface area contributed by atoms with Crippen LogP contribution in [0.4, 0.5) is 0 Å². The number of rotatable bonds is 64. The first-order chi connectivity index (χ1) is 37.0. The summed E-state index contributed by atoms with van der Waals surface area (Å²) in [6, 6.07) is -0.553. The molecule has 1 amide bonds. The van der Waals surface area contributed by atoms with E-state index in [1.165, 1.54) is 289 Å². The maximum atomic E-state index is 12.5. The first kappa shape index (κ1) is 73.3. The quantitative estimate of drug-likeness (QED) is 0.0320. The first-order valence-electron chi connectivity index (χ1n) is 34.1. The van der Waals surface area contributed by atoms with Crippen molar-refractivity contribution in [2.24, 2.45) is 0 Å². The van der Waals surface area contributed by atoms with Crippen molar-refractivity contribution >= 4 is 11.9 Å². The normalized spacial score (nSPS) is 12.6. The summed E-state index contributed by atoms with van der Waals surface area (Å²) in [5.74, 6) is -0.0443. The predicted molar refractivity (Wildman–Crippen MR) is 329 cm³/mol. The molecule has 0 rings (SSSR count). The minimum Gasteiger partial charge on any atom is -0.466 e. The number of nitrogens with one attached hydrogen (secondary N) is 1. The second-order valence-electron chi connectivity index (χ2n) is 23.5. The summed E-state index contributed by atoms with van der Waals surface area (Å²) < 4.78 is 5.49. The largest absolute Gasteiger partial charge is 0.466 e. The molecular weight excluding hydrogens is 923 g/mol. The Morgan fingerprint density at radius 3 is 0.947 bits per heavy atom. The summed E-state index contributed by atoms with van der Waals surface area (Å²) in [7, 11) is 0. The minimum atomic E-state index is -0.674. The molecule has 3 N–H and O–H groups in total. The average molecular weight is 1060 g/mol. The monoisotopic (exact) mass is 1060 g/mol. The first-order valence-corrected chi connectivity index (χ1v) is 34.1. The van der Waals surface area contributed by atoms with E-state index in [1.807, 2.05) is 0 Å². The number of carbonyl (C=O) groups is 2. The van der Waals surface area contributed by atoms with Crippen LogP contribution in [0.25, 0.3) is 0 Å². The van der Waals surface area contributed by atoms with Crippen molar-refractivity contribution in [1.29, 1.82) is 0 Å². The van der Waals surface area contributed by atoms with Gasteiger partial charge in [0.1, 0.15) is 0 Å². The van der Waals surface area contributed by atoms with Gasteiger partial charge in [0.15, 0.2) is 0 Å². The van der Waals surface area contributed by atoms with Crippen LogP contribution in [0.15, 0.2) is 24.3 Å². The Balaban J connectivity index is 3.43.